The van der Waals surface area contributed by atoms with Gasteiger partial charge in [0.05, 0.1) is 24.1 Å². The summed E-state index contributed by atoms with van der Waals surface area (Å²) in [6, 6.07) is 12.4. The van der Waals surface area contributed by atoms with Crippen LogP contribution in [-0.2, 0) is 18.4 Å². The Morgan fingerprint density at radius 3 is 2.65 bits per heavy atom. The molecule has 1 aromatic heterocycles. The largest absolute Gasteiger partial charge is 0.339 e. The van der Waals surface area contributed by atoms with Crippen molar-refractivity contribution in [2.75, 3.05) is 36.4 Å². The Kier molecular flexibility index (Phi) is 5.80. The Morgan fingerprint density at radius 2 is 1.88 bits per heavy atom. The average molecular weight is 460 g/mol. The van der Waals surface area contributed by atoms with Crippen LogP contribution in [0.2, 0.25) is 0 Å². The zero-order valence-corrected chi connectivity index (χ0v) is 19.4. The van der Waals surface area contributed by atoms with Gasteiger partial charge in [-0.3, -0.25) is 14.3 Å². The van der Waals surface area contributed by atoms with Gasteiger partial charge >= 0.3 is 0 Å². The highest BCUT2D eigenvalue weighted by Crippen LogP contribution is 2.36. The maximum atomic E-state index is 13.7. The topological polar surface area (TPSA) is 109 Å². The molecule has 9 heteroatoms. The summed E-state index contributed by atoms with van der Waals surface area (Å²) in [6.45, 7) is 5.15. The van der Waals surface area contributed by atoms with Crippen LogP contribution in [0.15, 0.2) is 48.7 Å². The van der Waals surface area contributed by atoms with Crippen molar-refractivity contribution >= 4 is 29.0 Å². The molecule has 34 heavy (non-hydrogen) atoms. The number of piperazine rings is 1. The molecule has 3 aromatic rings. The first-order valence-corrected chi connectivity index (χ1v) is 11.5. The highest BCUT2D eigenvalue weighted by Gasteiger charge is 2.28. The molecular formula is C25H29N7O2. The molecule has 0 spiro atoms. The Labute approximate surface area is 198 Å². The molecule has 0 bridgehead atoms. The zero-order chi connectivity index (χ0) is 23.8. The Bertz CT molecular complexity index is 1250. The van der Waals surface area contributed by atoms with Crippen LogP contribution < -0.4 is 21.3 Å². The number of amides is 2. The second kappa shape index (κ2) is 8.92. The Morgan fingerprint density at radius 1 is 1.12 bits per heavy atom. The highest BCUT2D eigenvalue weighted by atomic mass is 16.2. The van der Waals surface area contributed by atoms with Gasteiger partial charge in [0, 0.05) is 44.4 Å². The standard InChI is InChI=1S/C25H29N7O2/c1-16-13-17(7-8-19(16)22(26)25(34)31-11-9-27-10-12-31)24(33)32-15-18-14-28-30(2)23(18)29-20-5-3-4-6-21(20)32/h3-8,13-14,22,27,29H,9-12,15,26H2,1-2H3. The number of nitrogens with two attached hydrogens (primary N) is 1. The number of rotatable bonds is 3. The van der Waals surface area contributed by atoms with Crippen molar-refractivity contribution in [1.29, 1.82) is 0 Å². The number of carbonyl (C=O) groups is 2. The smallest absolute Gasteiger partial charge is 0.258 e. The van der Waals surface area contributed by atoms with E-state index in [4.69, 9.17) is 5.73 Å². The van der Waals surface area contributed by atoms with Crippen LogP contribution >= 0.6 is 0 Å². The molecule has 1 atom stereocenters. The molecule has 2 aliphatic rings. The summed E-state index contributed by atoms with van der Waals surface area (Å²) in [5.41, 5.74) is 11.0. The predicted octanol–water partition coefficient (Wildman–Crippen LogP) is 2.06. The molecule has 9 nitrogen and oxygen atoms in total. The number of fused-ring (bicyclic) bond motifs is 2. The summed E-state index contributed by atoms with van der Waals surface area (Å²) in [6.07, 6.45) is 1.78. The third-order valence-corrected chi connectivity index (χ3v) is 6.58. The van der Waals surface area contributed by atoms with Crippen LogP contribution in [0.5, 0.6) is 0 Å². The van der Waals surface area contributed by atoms with Gasteiger partial charge in [0.15, 0.2) is 0 Å². The summed E-state index contributed by atoms with van der Waals surface area (Å²) in [7, 11) is 1.87. The molecule has 0 saturated carbocycles. The summed E-state index contributed by atoms with van der Waals surface area (Å²) >= 11 is 0. The number of hydrogen-bond acceptors (Lipinski definition) is 6. The third-order valence-electron chi connectivity index (χ3n) is 6.58. The lowest BCUT2D eigenvalue weighted by Gasteiger charge is -2.30. The molecule has 2 amide bonds. The molecule has 176 valence electrons. The van der Waals surface area contributed by atoms with E-state index < -0.39 is 6.04 Å². The van der Waals surface area contributed by atoms with Crippen LogP contribution in [0.1, 0.15) is 33.1 Å². The van der Waals surface area contributed by atoms with Crippen LogP contribution in [0.4, 0.5) is 17.2 Å². The van der Waals surface area contributed by atoms with E-state index in [0.717, 1.165) is 47.0 Å². The normalized spacial score (nSPS) is 16.2. The van der Waals surface area contributed by atoms with Gasteiger partial charge in [0.1, 0.15) is 11.9 Å². The van der Waals surface area contributed by atoms with Crippen molar-refractivity contribution in [3.8, 4) is 0 Å². The summed E-state index contributed by atoms with van der Waals surface area (Å²) in [4.78, 5) is 30.2. The van der Waals surface area contributed by atoms with Crippen LogP contribution in [0.3, 0.4) is 0 Å². The number of hydrogen-bond donors (Lipinski definition) is 3. The molecule has 2 aromatic carbocycles. The van der Waals surface area contributed by atoms with Gasteiger partial charge in [-0.1, -0.05) is 18.2 Å². The van der Waals surface area contributed by atoms with Gasteiger partial charge in [0.2, 0.25) is 5.91 Å². The average Bonchev–Trinajstić information content (AvgIpc) is 3.11. The fourth-order valence-electron chi connectivity index (χ4n) is 4.67. The van der Waals surface area contributed by atoms with Crippen molar-refractivity contribution in [2.24, 2.45) is 12.8 Å². The number of benzene rings is 2. The number of nitrogens with zero attached hydrogens (tertiary/aromatic N) is 4. The van der Waals surface area contributed by atoms with Crippen LogP contribution in [-0.4, -0.2) is 52.7 Å². The van der Waals surface area contributed by atoms with Crippen LogP contribution in [0, 0.1) is 6.92 Å². The number of anilines is 3. The van der Waals surface area contributed by atoms with Crippen molar-refractivity contribution in [1.82, 2.24) is 20.0 Å². The van der Waals surface area contributed by atoms with Crippen molar-refractivity contribution in [2.45, 2.75) is 19.5 Å². The van der Waals surface area contributed by atoms with E-state index in [2.05, 4.69) is 15.7 Å². The first-order valence-electron chi connectivity index (χ1n) is 11.5. The fourth-order valence-corrected chi connectivity index (χ4v) is 4.67. The maximum Gasteiger partial charge on any atom is 0.258 e. The number of nitrogens with one attached hydrogen (secondary N) is 2. The molecule has 2 aliphatic heterocycles. The SMILES string of the molecule is Cc1cc(C(=O)N2Cc3cnn(C)c3Nc3ccccc32)ccc1C(N)C(=O)N1CCNCC1. The quantitative estimate of drug-likeness (QED) is 0.553. The summed E-state index contributed by atoms with van der Waals surface area (Å²) < 4.78 is 1.77. The molecule has 5 rings (SSSR count). The highest BCUT2D eigenvalue weighted by molar-refractivity contribution is 6.08. The van der Waals surface area contributed by atoms with Gasteiger partial charge in [-0.2, -0.15) is 5.10 Å². The first-order chi connectivity index (χ1) is 16.4. The lowest BCUT2D eigenvalue weighted by molar-refractivity contribution is -0.133. The maximum absolute atomic E-state index is 13.7. The molecular weight excluding hydrogens is 430 g/mol. The minimum Gasteiger partial charge on any atom is -0.339 e. The molecule has 0 aliphatic carbocycles. The van der Waals surface area contributed by atoms with Crippen molar-refractivity contribution in [3.05, 3.63) is 70.9 Å². The Balaban J connectivity index is 1.43. The monoisotopic (exact) mass is 459 g/mol. The molecule has 3 heterocycles. The lowest BCUT2D eigenvalue weighted by Crippen LogP contribution is -2.49. The van der Waals surface area contributed by atoms with Gasteiger partial charge < -0.3 is 26.2 Å². The van der Waals surface area contributed by atoms with Gasteiger partial charge in [-0.25, -0.2) is 0 Å². The zero-order valence-electron chi connectivity index (χ0n) is 19.4. The van der Waals surface area contributed by atoms with Gasteiger partial charge in [-0.15, -0.1) is 0 Å². The molecule has 1 unspecified atom stereocenters. The minimum absolute atomic E-state index is 0.0831. The number of aromatic nitrogens is 2. The lowest BCUT2D eigenvalue weighted by atomic mass is 9.97. The van der Waals surface area contributed by atoms with Crippen molar-refractivity contribution < 1.29 is 9.59 Å². The van der Waals surface area contributed by atoms with E-state index in [-0.39, 0.29) is 11.8 Å². The van der Waals surface area contributed by atoms with E-state index in [1.165, 1.54) is 0 Å². The van der Waals surface area contributed by atoms with E-state index in [9.17, 15) is 9.59 Å². The predicted molar refractivity (Wildman–Crippen MR) is 131 cm³/mol. The second-order valence-electron chi connectivity index (χ2n) is 8.80. The van der Waals surface area contributed by atoms with Gasteiger partial charge in [-0.05, 0) is 42.3 Å². The summed E-state index contributed by atoms with van der Waals surface area (Å²) in [5, 5.41) is 11.0. The molecule has 4 N–H and O–H groups in total. The van der Waals surface area contributed by atoms with E-state index in [1.54, 1.807) is 26.7 Å². The number of carbonyl (C=O) groups excluding carboxylic acids is 2. The molecule has 1 saturated heterocycles. The van der Waals surface area contributed by atoms with Crippen LogP contribution in [0.25, 0.3) is 0 Å². The fraction of sp³-hybridized carbons (Fsp3) is 0.320. The van der Waals surface area contributed by atoms with E-state index in [1.807, 2.05) is 50.4 Å². The molecule has 1 fully saturated rings. The molecule has 0 radical (unpaired) electrons. The number of para-hydroxylation sites is 2. The number of aryl methyl sites for hydroxylation is 2. The second-order valence-corrected chi connectivity index (χ2v) is 8.80. The van der Waals surface area contributed by atoms with Gasteiger partial charge in [0.25, 0.3) is 5.91 Å². The Hall–Kier alpha value is -3.69. The third kappa shape index (κ3) is 3.93. The summed E-state index contributed by atoms with van der Waals surface area (Å²) in [5.74, 6) is 0.662. The van der Waals surface area contributed by atoms with E-state index >= 15 is 0 Å². The first kappa shape index (κ1) is 22.1. The van der Waals surface area contributed by atoms with Crippen molar-refractivity contribution in [3.63, 3.8) is 0 Å². The van der Waals surface area contributed by atoms with E-state index in [0.29, 0.717) is 25.2 Å². The minimum atomic E-state index is -0.747.